The molecule has 0 amide bonds. The van der Waals surface area contributed by atoms with Gasteiger partial charge in [0.05, 0.1) is 18.0 Å². The molecule has 0 radical (unpaired) electrons. The third kappa shape index (κ3) is 3.81. The predicted molar refractivity (Wildman–Crippen MR) is 126 cm³/mol. The number of nitrogens with one attached hydrogen (secondary N) is 1. The monoisotopic (exact) mass is 424 g/mol. The SMILES string of the molecule is CCn1cnc2c(Nc3cccc(C#N)c3)nc(N3CCN(c4ccccc4)CC3)nc21. The van der Waals surface area contributed by atoms with Gasteiger partial charge in [0.25, 0.3) is 0 Å². The minimum atomic E-state index is 0.594. The first kappa shape index (κ1) is 19.8. The molecule has 32 heavy (non-hydrogen) atoms. The van der Waals surface area contributed by atoms with Gasteiger partial charge in [0.1, 0.15) is 0 Å². The Hall–Kier alpha value is -4.12. The smallest absolute Gasteiger partial charge is 0.229 e. The second-order valence-electron chi connectivity index (χ2n) is 7.70. The predicted octanol–water partition coefficient (Wildman–Crippen LogP) is 3.79. The van der Waals surface area contributed by atoms with Crippen LogP contribution in [0.1, 0.15) is 12.5 Å². The molecule has 8 nitrogen and oxygen atoms in total. The third-order valence-electron chi connectivity index (χ3n) is 5.73. The van der Waals surface area contributed by atoms with Crippen LogP contribution in [0.4, 0.5) is 23.1 Å². The molecule has 2 aromatic carbocycles. The number of benzene rings is 2. The van der Waals surface area contributed by atoms with E-state index in [2.05, 4.69) is 57.4 Å². The molecule has 2 aromatic heterocycles. The molecule has 4 aromatic rings. The van der Waals surface area contributed by atoms with Gasteiger partial charge in [-0.1, -0.05) is 24.3 Å². The van der Waals surface area contributed by atoms with E-state index in [0.29, 0.717) is 17.3 Å². The van der Waals surface area contributed by atoms with Gasteiger partial charge in [-0.05, 0) is 37.3 Å². The molecule has 0 aliphatic carbocycles. The molecule has 0 spiro atoms. The Bertz CT molecular complexity index is 1270. The molecule has 1 aliphatic rings. The van der Waals surface area contributed by atoms with Crippen LogP contribution in [0.25, 0.3) is 11.2 Å². The highest BCUT2D eigenvalue weighted by atomic mass is 15.3. The van der Waals surface area contributed by atoms with Crippen molar-refractivity contribution in [2.45, 2.75) is 13.5 Å². The van der Waals surface area contributed by atoms with E-state index in [1.54, 1.807) is 12.4 Å². The summed E-state index contributed by atoms with van der Waals surface area (Å²) in [6.07, 6.45) is 1.80. The van der Waals surface area contributed by atoms with Gasteiger partial charge in [0.15, 0.2) is 17.0 Å². The van der Waals surface area contributed by atoms with Crippen LogP contribution < -0.4 is 15.1 Å². The molecule has 3 heterocycles. The molecule has 1 N–H and O–H groups in total. The second-order valence-corrected chi connectivity index (χ2v) is 7.70. The normalized spacial score (nSPS) is 13.9. The van der Waals surface area contributed by atoms with Gasteiger partial charge in [0.2, 0.25) is 5.95 Å². The largest absolute Gasteiger partial charge is 0.368 e. The summed E-state index contributed by atoms with van der Waals surface area (Å²) in [5.74, 6) is 1.34. The van der Waals surface area contributed by atoms with E-state index in [9.17, 15) is 5.26 Å². The van der Waals surface area contributed by atoms with Crippen LogP contribution in [0.15, 0.2) is 60.9 Å². The van der Waals surface area contributed by atoms with Crippen molar-refractivity contribution in [3.05, 3.63) is 66.5 Å². The summed E-state index contributed by atoms with van der Waals surface area (Å²) in [4.78, 5) is 18.9. The number of fused-ring (bicyclic) bond motifs is 1. The number of para-hydroxylation sites is 1. The Kier molecular flexibility index (Phi) is 5.30. The van der Waals surface area contributed by atoms with Gasteiger partial charge >= 0.3 is 0 Å². The van der Waals surface area contributed by atoms with Crippen LogP contribution in [0, 0.1) is 11.3 Å². The average Bonchev–Trinajstić information content (AvgIpc) is 3.28. The standard InChI is InChI=1S/C24H24N8/c1-2-30-17-26-21-22(27-19-8-6-7-18(15-19)16-25)28-24(29-23(21)30)32-13-11-31(12-14-32)20-9-4-3-5-10-20/h3-10,15,17H,2,11-14H2,1H3,(H,27,28,29). The van der Waals surface area contributed by atoms with Crippen molar-refractivity contribution in [1.29, 1.82) is 5.26 Å². The number of nitriles is 1. The number of hydrogen-bond acceptors (Lipinski definition) is 7. The van der Waals surface area contributed by atoms with Gasteiger partial charge in [0, 0.05) is 44.1 Å². The maximum absolute atomic E-state index is 9.22. The van der Waals surface area contributed by atoms with Crippen molar-refractivity contribution >= 4 is 34.3 Å². The molecule has 5 rings (SSSR count). The first-order valence-corrected chi connectivity index (χ1v) is 10.8. The maximum atomic E-state index is 9.22. The number of piperazine rings is 1. The zero-order valence-electron chi connectivity index (χ0n) is 17.9. The molecule has 1 fully saturated rings. The lowest BCUT2D eigenvalue weighted by molar-refractivity contribution is 0.640. The molecule has 0 saturated carbocycles. The van der Waals surface area contributed by atoms with E-state index in [1.165, 1.54) is 5.69 Å². The first-order chi connectivity index (χ1) is 15.7. The van der Waals surface area contributed by atoms with E-state index in [0.717, 1.165) is 49.6 Å². The number of aryl methyl sites for hydroxylation is 1. The lowest BCUT2D eigenvalue weighted by atomic mass is 10.2. The number of hydrogen-bond donors (Lipinski definition) is 1. The van der Waals surface area contributed by atoms with Crippen LogP contribution in [0.5, 0.6) is 0 Å². The average molecular weight is 425 g/mol. The van der Waals surface area contributed by atoms with Crippen molar-refractivity contribution in [2.24, 2.45) is 0 Å². The Morgan fingerprint density at radius 2 is 1.75 bits per heavy atom. The Morgan fingerprint density at radius 3 is 2.50 bits per heavy atom. The lowest BCUT2D eigenvalue weighted by Gasteiger charge is -2.36. The molecule has 8 heteroatoms. The topological polar surface area (TPSA) is 85.9 Å². The summed E-state index contributed by atoms with van der Waals surface area (Å²) in [5, 5.41) is 12.6. The van der Waals surface area contributed by atoms with Gasteiger partial charge in [-0.2, -0.15) is 15.2 Å². The van der Waals surface area contributed by atoms with Crippen LogP contribution in [0.2, 0.25) is 0 Å². The van der Waals surface area contributed by atoms with Gasteiger partial charge in [-0.25, -0.2) is 4.98 Å². The minimum absolute atomic E-state index is 0.594. The molecular formula is C24H24N8. The number of imidazole rings is 1. The summed E-state index contributed by atoms with van der Waals surface area (Å²) in [6.45, 7) is 6.34. The van der Waals surface area contributed by atoms with Crippen molar-refractivity contribution in [3.63, 3.8) is 0 Å². The van der Waals surface area contributed by atoms with Crippen molar-refractivity contribution in [3.8, 4) is 6.07 Å². The second kappa shape index (κ2) is 8.55. The molecule has 0 atom stereocenters. The van der Waals surface area contributed by atoms with E-state index < -0.39 is 0 Å². The number of rotatable bonds is 5. The molecule has 160 valence electrons. The minimum Gasteiger partial charge on any atom is -0.368 e. The van der Waals surface area contributed by atoms with E-state index in [4.69, 9.17) is 9.97 Å². The quantitative estimate of drug-likeness (QED) is 0.522. The molecule has 1 saturated heterocycles. The third-order valence-corrected chi connectivity index (χ3v) is 5.73. The van der Waals surface area contributed by atoms with Crippen molar-refractivity contribution in [1.82, 2.24) is 19.5 Å². The Morgan fingerprint density at radius 1 is 0.969 bits per heavy atom. The summed E-state index contributed by atoms with van der Waals surface area (Å²) in [7, 11) is 0. The highest BCUT2D eigenvalue weighted by Crippen LogP contribution is 2.27. The van der Waals surface area contributed by atoms with Gasteiger partial charge in [-0.15, -0.1) is 0 Å². The number of anilines is 4. The van der Waals surface area contributed by atoms with Crippen LogP contribution >= 0.6 is 0 Å². The van der Waals surface area contributed by atoms with E-state index in [1.807, 2.05) is 28.8 Å². The summed E-state index contributed by atoms with van der Waals surface area (Å²) >= 11 is 0. The Balaban J connectivity index is 1.45. The number of aromatic nitrogens is 4. The van der Waals surface area contributed by atoms with Crippen LogP contribution in [0.3, 0.4) is 0 Å². The summed E-state index contributed by atoms with van der Waals surface area (Å²) in [6, 6.07) is 20.0. The van der Waals surface area contributed by atoms with E-state index in [-0.39, 0.29) is 0 Å². The zero-order valence-corrected chi connectivity index (χ0v) is 17.9. The lowest BCUT2D eigenvalue weighted by Crippen LogP contribution is -2.47. The van der Waals surface area contributed by atoms with Crippen molar-refractivity contribution in [2.75, 3.05) is 41.3 Å². The molecule has 0 bridgehead atoms. The molecule has 0 unspecified atom stereocenters. The van der Waals surface area contributed by atoms with Crippen LogP contribution in [-0.4, -0.2) is 45.7 Å². The number of nitrogens with zero attached hydrogens (tertiary/aromatic N) is 7. The van der Waals surface area contributed by atoms with Crippen LogP contribution in [-0.2, 0) is 6.54 Å². The maximum Gasteiger partial charge on any atom is 0.229 e. The highest BCUT2D eigenvalue weighted by Gasteiger charge is 2.22. The molecule has 1 aliphatic heterocycles. The molecular weight excluding hydrogens is 400 g/mol. The first-order valence-electron chi connectivity index (χ1n) is 10.8. The summed E-state index contributed by atoms with van der Waals surface area (Å²) < 4.78 is 2.03. The zero-order chi connectivity index (χ0) is 21.9. The Labute approximate surface area is 186 Å². The summed E-state index contributed by atoms with van der Waals surface area (Å²) in [5.41, 5.74) is 4.17. The van der Waals surface area contributed by atoms with Gasteiger partial charge in [-0.3, -0.25) is 0 Å². The highest BCUT2D eigenvalue weighted by molar-refractivity contribution is 5.86. The fourth-order valence-electron chi connectivity index (χ4n) is 4.00. The fourth-order valence-corrected chi connectivity index (χ4v) is 4.00. The van der Waals surface area contributed by atoms with Crippen molar-refractivity contribution < 1.29 is 0 Å². The van der Waals surface area contributed by atoms with Gasteiger partial charge < -0.3 is 19.7 Å². The fraction of sp³-hybridized carbons (Fsp3) is 0.250. The van der Waals surface area contributed by atoms with E-state index >= 15 is 0 Å².